The predicted molar refractivity (Wildman–Crippen MR) is 72.7 cm³/mol. The van der Waals surface area contributed by atoms with Gasteiger partial charge in [-0.25, -0.2) is 9.67 Å². The minimum atomic E-state index is 0.405. The fourth-order valence-electron chi connectivity index (χ4n) is 1.70. The standard InChI is InChI=1S/C13H16ClN3O2/c1-18-8-7-12-15-13(9-19-2)17(16-12)11-5-3-10(14)4-6-11/h3-6H,7-9H2,1-2H3. The molecule has 0 aliphatic carbocycles. The monoisotopic (exact) mass is 281 g/mol. The van der Waals surface area contributed by atoms with Crippen molar-refractivity contribution in [2.24, 2.45) is 0 Å². The third-order valence-electron chi connectivity index (χ3n) is 2.59. The SMILES string of the molecule is COCCc1nc(COC)n(-c2ccc(Cl)cc2)n1. The largest absolute Gasteiger partial charge is 0.384 e. The first kappa shape index (κ1) is 14.0. The van der Waals surface area contributed by atoms with Crippen LogP contribution in [0.2, 0.25) is 5.02 Å². The van der Waals surface area contributed by atoms with Gasteiger partial charge in [0.15, 0.2) is 11.6 Å². The average Bonchev–Trinajstić information content (AvgIpc) is 2.81. The van der Waals surface area contributed by atoms with Crippen LogP contribution in [0, 0.1) is 0 Å². The molecule has 0 atom stereocenters. The highest BCUT2D eigenvalue weighted by Crippen LogP contribution is 2.15. The molecular formula is C13H16ClN3O2. The van der Waals surface area contributed by atoms with Gasteiger partial charge in [0.1, 0.15) is 6.61 Å². The van der Waals surface area contributed by atoms with Crippen LogP contribution < -0.4 is 0 Å². The van der Waals surface area contributed by atoms with Crippen molar-refractivity contribution in [3.8, 4) is 5.69 Å². The maximum absolute atomic E-state index is 5.89. The average molecular weight is 282 g/mol. The molecule has 0 spiro atoms. The van der Waals surface area contributed by atoms with E-state index in [1.807, 2.05) is 24.3 Å². The molecule has 102 valence electrons. The zero-order valence-corrected chi connectivity index (χ0v) is 11.7. The lowest BCUT2D eigenvalue weighted by Gasteiger charge is -2.04. The normalized spacial score (nSPS) is 10.9. The van der Waals surface area contributed by atoms with Crippen LogP contribution in [-0.4, -0.2) is 35.6 Å². The lowest BCUT2D eigenvalue weighted by atomic mass is 10.3. The van der Waals surface area contributed by atoms with Crippen molar-refractivity contribution in [1.29, 1.82) is 0 Å². The molecule has 0 saturated heterocycles. The molecule has 0 aliphatic rings. The Bertz CT molecular complexity index is 525. The lowest BCUT2D eigenvalue weighted by Crippen LogP contribution is -2.04. The second-order valence-corrected chi connectivity index (χ2v) is 4.44. The first-order valence-corrected chi connectivity index (χ1v) is 6.31. The second kappa shape index (κ2) is 6.65. The Labute approximate surface area is 117 Å². The molecule has 19 heavy (non-hydrogen) atoms. The van der Waals surface area contributed by atoms with Crippen molar-refractivity contribution in [3.05, 3.63) is 40.9 Å². The highest BCUT2D eigenvalue weighted by atomic mass is 35.5. The summed E-state index contributed by atoms with van der Waals surface area (Å²) in [5.74, 6) is 1.50. The molecule has 1 aromatic heterocycles. The quantitative estimate of drug-likeness (QED) is 0.815. The number of nitrogens with zero attached hydrogens (tertiary/aromatic N) is 3. The summed E-state index contributed by atoms with van der Waals surface area (Å²) in [5, 5.41) is 5.16. The van der Waals surface area contributed by atoms with Crippen LogP contribution in [0.25, 0.3) is 5.69 Å². The Kier molecular flexibility index (Phi) is 4.90. The molecule has 1 aromatic carbocycles. The van der Waals surface area contributed by atoms with Crippen LogP contribution in [0.15, 0.2) is 24.3 Å². The molecule has 0 unspecified atom stereocenters. The molecule has 1 heterocycles. The number of methoxy groups -OCH3 is 2. The summed E-state index contributed by atoms with van der Waals surface area (Å²) in [6, 6.07) is 7.44. The van der Waals surface area contributed by atoms with Gasteiger partial charge < -0.3 is 9.47 Å². The topological polar surface area (TPSA) is 49.2 Å². The van der Waals surface area contributed by atoms with E-state index in [-0.39, 0.29) is 0 Å². The zero-order valence-electron chi connectivity index (χ0n) is 11.0. The van der Waals surface area contributed by atoms with Crippen molar-refractivity contribution in [1.82, 2.24) is 14.8 Å². The van der Waals surface area contributed by atoms with Gasteiger partial charge in [-0.05, 0) is 24.3 Å². The van der Waals surface area contributed by atoms with Gasteiger partial charge in [0, 0.05) is 25.7 Å². The molecule has 2 rings (SSSR count). The van der Waals surface area contributed by atoms with Crippen LogP contribution in [0.4, 0.5) is 0 Å². The van der Waals surface area contributed by atoms with E-state index in [9.17, 15) is 0 Å². The Hall–Kier alpha value is -1.43. The van der Waals surface area contributed by atoms with E-state index in [2.05, 4.69) is 10.1 Å². The molecule has 6 heteroatoms. The predicted octanol–water partition coefficient (Wildman–Crippen LogP) is 2.26. The third-order valence-corrected chi connectivity index (χ3v) is 2.84. The van der Waals surface area contributed by atoms with E-state index in [1.165, 1.54) is 0 Å². The number of benzene rings is 1. The van der Waals surface area contributed by atoms with E-state index in [1.54, 1.807) is 18.9 Å². The Morgan fingerprint density at radius 2 is 1.89 bits per heavy atom. The number of ether oxygens (including phenoxy) is 2. The van der Waals surface area contributed by atoms with Gasteiger partial charge in [-0.15, -0.1) is 0 Å². The minimum Gasteiger partial charge on any atom is -0.384 e. The maximum atomic E-state index is 5.89. The van der Waals surface area contributed by atoms with E-state index in [0.29, 0.717) is 24.7 Å². The van der Waals surface area contributed by atoms with Crippen LogP contribution in [0.3, 0.4) is 0 Å². The summed E-state index contributed by atoms with van der Waals surface area (Å²) in [7, 11) is 3.29. The van der Waals surface area contributed by atoms with Gasteiger partial charge in [-0.3, -0.25) is 0 Å². The van der Waals surface area contributed by atoms with Crippen molar-refractivity contribution in [2.75, 3.05) is 20.8 Å². The minimum absolute atomic E-state index is 0.405. The van der Waals surface area contributed by atoms with Crippen molar-refractivity contribution in [2.45, 2.75) is 13.0 Å². The zero-order chi connectivity index (χ0) is 13.7. The Morgan fingerprint density at radius 1 is 1.16 bits per heavy atom. The fraction of sp³-hybridized carbons (Fsp3) is 0.385. The molecule has 0 bridgehead atoms. The van der Waals surface area contributed by atoms with Gasteiger partial charge >= 0.3 is 0 Å². The third kappa shape index (κ3) is 3.53. The maximum Gasteiger partial charge on any atom is 0.158 e. The van der Waals surface area contributed by atoms with Crippen LogP contribution in [-0.2, 0) is 22.5 Å². The van der Waals surface area contributed by atoms with Gasteiger partial charge in [0.25, 0.3) is 0 Å². The summed E-state index contributed by atoms with van der Waals surface area (Å²) < 4.78 is 12.0. The molecule has 0 aliphatic heterocycles. The van der Waals surface area contributed by atoms with Gasteiger partial charge in [0.2, 0.25) is 0 Å². The fourth-order valence-corrected chi connectivity index (χ4v) is 1.83. The van der Waals surface area contributed by atoms with Gasteiger partial charge in [0.05, 0.1) is 12.3 Å². The highest BCUT2D eigenvalue weighted by molar-refractivity contribution is 6.30. The van der Waals surface area contributed by atoms with Crippen molar-refractivity contribution < 1.29 is 9.47 Å². The summed E-state index contributed by atoms with van der Waals surface area (Å²) >= 11 is 5.89. The van der Waals surface area contributed by atoms with E-state index in [0.717, 1.165) is 17.3 Å². The number of rotatable bonds is 6. The molecule has 0 N–H and O–H groups in total. The van der Waals surface area contributed by atoms with Crippen molar-refractivity contribution >= 4 is 11.6 Å². The van der Waals surface area contributed by atoms with Gasteiger partial charge in [-0.1, -0.05) is 11.6 Å². The van der Waals surface area contributed by atoms with Crippen LogP contribution in [0.5, 0.6) is 0 Å². The second-order valence-electron chi connectivity index (χ2n) is 4.01. The number of hydrogen-bond donors (Lipinski definition) is 0. The first-order chi connectivity index (χ1) is 9.24. The molecule has 2 aromatic rings. The lowest BCUT2D eigenvalue weighted by molar-refractivity contribution is 0.175. The Balaban J connectivity index is 2.31. The molecule has 0 fully saturated rings. The number of halogens is 1. The van der Waals surface area contributed by atoms with E-state index in [4.69, 9.17) is 21.1 Å². The summed E-state index contributed by atoms with van der Waals surface area (Å²) in [6.07, 6.45) is 0.674. The first-order valence-electron chi connectivity index (χ1n) is 5.93. The highest BCUT2D eigenvalue weighted by Gasteiger charge is 2.11. The smallest absolute Gasteiger partial charge is 0.158 e. The molecular weight excluding hydrogens is 266 g/mol. The van der Waals surface area contributed by atoms with Crippen molar-refractivity contribution in [3.63, 3.8) is 0 Å². The molecule has 0 radical (unpaired) electrons. The summed E-state index contributed by atoms with van der Waals surface area (Å²) in [5.41, 5.74) is 0.910. The Morgan fingerprint density at radius 3 is 2.53 bits per heavy atom. The molecule has 0 amide bonds. The van der Waals surface area contributed by atoms with E-state index >= 15 is 0 Å². The van der Waals surface area contributed by atoms with Crippen LogP contribution in [0.1, 0.15) is 11.6 Å². The number of hydrogen-bond acceptors (Lipinski definition) is 4. The molecule has 0 saturated carbocycles. The summed E-state index contributed by atoms with van der Waals surface area (Å²) in [6.45, 7) is 1.000. The van der Waals surface area contributed by atoms with Crippen LogP contribution >= 0.6 is 11.6 Å². The van der Waals surface area contributed by atoms with E-state index < -0.39 is 0 Å². The van der Waals surface area contributed by atoms with Gasteiger partial charge in [-0.2, -0.15) is 5.10 Å². The summed E-state index contributed by atoms with van der Waals surface area (Å²) in [4.78, 5) is 4.45. The molecule has 5 nitrogen and oxygen atoms in total. The number of aromatic nitrogens is 3.